The molecule has 2 heterocycles. The summed E-state index contributed by atoms with van der Waals surface area (Å²) in [4.78, 5) is 20.4. The lowest BCUT2D eigenvalue weighted by atomic mass is 9.95. The molecule has 0 spiro atoms. The number of nitrogens with zero attached hydrogens (tertiary/aromatic N) is 2. The maximum absolute atomic E-state index is 12.5. The van der Waals surface area contributed by atoms with Gasteiger partial charge in [0.1, 0.15) is 6.04 Å². The normalized spacial score (nSPS) is 16.3. The molecule has 0 amide bonds. The minimum Gasteiger partial charge on any atom is -0.480 e. The molecular weight excluding hydrogens is 410 g/mol. The van der Waals surface area contributed by atoms with Gasteiger partial charge in [-0.15, -0.1) is 0 Å². The van der Waals surface area contributed by atoms with Crippen LogP contribution < -0.4 is 0 Å². The number of fused-ring (bicyclic) bond motifs is 1. The molecule has 1 fully saturated rings. The van der Waals surface area contributed by atoms with E-state index in [0.29, 0.717) is 13.1 Å². The van der Waals surface area contributed by atoms with Crippen molar-refractivity contribution in [1.82, 2.24) is 14.8 Å². The number of aromatic nitrogens is 1. The zero-order valence-electron chi connectivity index (χ0n) is 18.8. The number of carbonyl (C=O) groups is 1. The zero-order valence-corrected chi connectivity index (χ0v) is 18.8. The lowest BCUT2D eigenvalue weighted by molar-refractivity contribution is -0.144. The van der Waals surface area contributed by atoms with Crippen molar-refractivity contribution in [3.63, 3.8) is 0 Å². The average molecular weight is 440 g/mol. The van der Waals surface area contributed by atoms with Crippen LogP contribution in [0.25, 0.3) is 10.9 Å². The first-order chi connectivity index (χ1) is 16.1. The predicted octanol–water partition coefficient (Wildman–Crippen LogP) is 5.01. The smallest absolute Gasteiger partial charge is 0.325 e. The molecule has 1 saturated heterocycles. The number of rotatable bonds is 6. The van der Waals surface area contributed by atoms with Crippen molar-refractivity contribution < 1.29 is 9.90 Å². The predicted molar refractivity (Wildman–Crippen MR) is 131 cm³/mol. The standard InChI is InChI=1S/C28H29N3O2/c1-20-25(23-14-8-9-15-24(23)29-20)27(28(32)33)31-18-16-30(17-19-31)26(21-10-4-2-5-11-21)22-12-6-3-7-13-22/h2-15,26-27,29H,16-19H2,1H3,(H,32,33). The number of carboxylic acids is 1. The summed E-state index contributed by atoms with van der Waals surface area (Å²) in [6.07, 6.45) is 0. The second-order valence-corrected chi connectivity index (χ2v) is 8.75. The average Bonchev–Trinajstić information content (AvgIpc) is 3.17. The number of piperazine rings is 1. The summed E-state index contributed by atoms with van der Waals surface area (Å²) in [6.45, 7) is 4.99. The molecule has 0 saturated carbocycles. The molecule has 1 aliphatic heterocycles. The van der Waals surface area contributed by atoms with E-state index in [1.54, 1.807) is 0 Å². The minimum atomic E-state index is -0.793. The molecule has 3 aromatic carbocycles. The van der Waals surface area contributed by atoms with Crippen molar-refractivity contribution >= 4 is 16.9 Å². The Hall–Kier alpha value is -3.41. The molecule has 5 nitrogen and oxygen atoms in total. The molecule has 0 radical (unpaired) electrons. The molecule has 1 aliphatic rings. The fraction of sp³-hybridized carbons (Fsp3) is 0.250. The molecule has 1 atom stereocenters. The number of aliphatic carboxylic acids is 1. The summed E-state index contributed by atoms with van der Waals surface area (Å²) in [5, 5.41) is 11.2. The monoisotopic (exact) mass is 439 g/mol. The van der Waals surface area contributed by atoms with Gasteiger partial charge in [0.05, 0.1) is 6.04 Å². The molecule has 5 heteroatoms. The first-order valence-corrected chi connectivity index (χ1v) is 11.5. The van der Waals surface area contributed by atoms with Crippen LogP contribution >= 0.6 is 0 Å². The van der Waals surface area contributed by atoms with Crippen molar-refractivity contribution in [2.24, 2.45) is 0 Å². The Morgan fingerprint density at radius 1 is 0.788 bits per heavy atom. The second-order valence-electron chi connectivity index (χ2n) is 8.75. The Morgan fingerprint density at radius 3 is 1.88 bits per heavy atom. The third-order valence-corrected chi connectivity index (χ3v) is 6.76. The molecule has 0 bridgehead atoms. The van der Waals surface area contributed by atoms with Crippen molar-refractivity contribution in [1.29, 1.82) is 0 Å². The van der Waals surface area contributed by atoms with Gasteiger partial charge in [-0.3, -0.25) is 14.6 Å². The van der Waals surface area contributed by atoms with Crippen molar-refractivity contribution in [2.45, 2.75) is 19.0 Å². The summed E-state index contributed by atoms with van der Waals surface area (Å²) in [6, 6.07) is 28.6. The van der Waals surface area contributed by atoms with Gasteiger partial charge in [-0.1, -0.05) is 78.9 Å². The topological polar surface area (TPSA) is 59.6 Å². The number of aromatic amines is 1. The summed E-state index contributed by atoms with van der Waals surface area (Å²) in [7, 11) is 0. The lowest BCUT2D eigenvalue weighted by Gasteiger charge is -2.41. The summed E-state index contributed by atoms with van der Waals surface area (Å²) < 4.78 is 0. The Morgan fingerprint density at radius 2 is 1.30 bits per heavy atom. The highest BCUT2D eigenvalue weighted by Crippen LogP contribution is 2.34. The largest absolute Gasteiger partial charge is 0.480 e. The number of aryl methyl sites for hydroxylation is 1. The van der Waals surface area contributed by atoms with E-state index in [0.717, 1.165) is 35.2 Å². The SMILES string of the molecule is Cc1[nH]c2ccccc2c1C(C(=O)O)N1CCN(C(c2ccccc2)c2ccccc2)CC1. The second kappa shape index (κ2) is 9.22. The number of hydrogen-bond acceptors (Lipinski definition) is 3. The van der Waals surface area contributed by atoms with Crippen LogP contribution in [0, 0.1) is 6.92 Å². The summed E-state index contributed by atoms with van der Waals surface area (Å²) in [5.41, 5.74) is 5.33. The van der Waals surface area contributed by atoms with Gasteiger partial charge in [-0.05, 0) is 24.1 Å². The number of nitrogens with one attached hydrogen (secondary N) is 1. The van der Waals surface area contributed by atoms with Crippen molar-refractivity contribution in [3.05, 3.63) is 107 Å². The molecule has 1 aromatic heterocycles. The maximum atomic E-state index is 12.5. The molecule has 1 unspecified atom stereocenters. The van der Waals surface area contributed by atoms with Crippen LogP contribution in [-0.2, 0) is 4.79 Å². The van der Waals surface area contributed by atoms with Crippen LogP contribution in [0.4, 0.5) is 0 Å². The van der Waals surface area contributed by atoms with Crippen molar-refractivity contribution in [3.8, 4) is 0 Å². The Labute approximate surface area is 194 Å². The van der Waals surface area contributed by atoms with E-state index >= 15 is 0 Å². The van der Waals surface area contributed by atoms with Gasteiger partial charge >= 0.3 is 5.97 Å². The van der Waals surface area contributed by atoms with Gasteiger partial charge in [0.15, 0.2) is 0 Å². The Kier molecular flexibility index (Phi) is 5.99. The van der Waals surface area contributed by atoms with Gasteiger partial charge in [-0.2, -0.15) is 0 Å². The highest BCUT2D eigenvalue weighted by atomic mass is 16.4. The van der Waals surface area contributed by atoms with Crippen LogP contribution in [0.15, 0.2) is 84.9 Å². The van der Waals surface area contributed by atoms with Gasteiger partial charge in [0, 0.05) is 48.3 Å². The first-order valence-electron chi connectivity index (χ1n) is 11.5. The zero-order chi connectivity index (χ0) is 22.8. The third kappa shape index (κ3) is 4.17. The van der Waals surface area contributed by atoms with Crippen molar-refractivity contribution in [2.75, 3.05) is 26.2 Å². The molecule has 2 N–H and O–H groups in total. The lowest BCUT2D eigenvalue weighted by Crippen LogP contribution is -2.50. The number of carboxylic acid groups (broad SMARTS) is 1. The Balaban J connectivity index is 1.42. The van der Waals surface area contributed by atoms with Crippen LogP contribution in [0.2, 0.25) is 0 Å². The van der Waals surface area contributed by atoms with E-state index in [4.69, 9.17) is 0 Å². The molecule has 5 rings (SSSR count). The van der Waals surface area contributed by atoms with E-state index < -0.39 is 12.0 Å². The maximum Gasteiger partial charge on any atom is 0.325 e. The summed E-state index contributed by atoms with van der Waals surface area (Å²) in [5.74, 6) is -0.793. The molecule has 33 heavy (non-hydrogen) atoms. The highest BCUT2D eigenvalue weighted by Gasteiger charge is 2.35. The van der Waals surface area contributed by atoms with E-state index in [9.17, 15) is 9.90 Å². The first kappa shape index (κ1) is 21.4. The van der Waals surface area contributed by atoms with Gasteiger partial charge in [0.25, 0.3) is 0 Å². The van der Waals surface area contributed by atoms with Gasteiger partial charge in [-0.25, -0.2) is 0 Å². The van der Waals surface area contributed by atoms with Gasteiger partial charge in [0.2, 0.25) is 0 Å². The molecule has 168 valence electrons. The molecule has 0 aliphatic carbocycles. The van der Waals surface area contributed by atoms with E-state index in [2.05, 4.69) is 63.3 Å². The van der Waals surface area contributed by atoms with Crippen LogP contribution in [0.3, 0.4) is 0 Å². The van der Waals surface area contributed by atoms with Gasteiger partial charge < -0.3 is 10.1 Å². The number of H-pyrrole nitrogens is 1. The minimum absolute atomic E-state index is 0.160. The van der Waals surface area contributed by atoms with E-state index in [1.807, 2.05) is 43.3 Å². The van der Waals surface area contributed by atoms with Crippen LogP contribution in [0.1, 0.15) is 34.5 Å². The molecular formula is C28H29N3O2. The summed E-state index contributed by atoms with van der Waals surface area (Å²) >= 11 is 0. The number of benzene rings is 3. The van der Waals surface area contributed by atoms with Crippen LogP contribution in [-0.4, -0.2) is 52.0 Å². The number of hydrogen-bond donors (Lipinski definition) is 2. The molecule has 4 aromatic rings. The number of para-hydroxylation sites is 1. The van der Waals surface area contributed by atoms with Crippen LogP contribution in [0.5, 0.6) is 0 Å². The van der Waals surface area contributed by atoms with E-state index in [-0.39, 0.29) is 6.04 Å². The fourth-order valence-electron chi connectivity index (χ4n) is 5.25. The highest BCUT2D eigenvalue weighted by molar-refractivity contribution is 5.90. The fourth-order valence-corrected chi connectivity index (χ4v) is 5.25. The van der Waals surface area contributed by atoms with E-state index in [1.165, 1.54) is 11.1 Å². The third-order valence-electron chi connectivity index (χ3n) is 6.76. The quantitative estimate of drug-likeness (QED) is 0.443. The Bertz CT molecular complexity index is 1190.